The van der Waals surface area contributed by atoms with Gasteiger partial charge in [0.1, 0.15) is 10.9 Å². The van der Waals surface area contributed by atoms with Gasteiger partial charge in [-0.3, -0.25) is 4.79 Å². The summed E-state index contributed by atoms with van der Waals surface area (Å²) < 4.78 is 27.0. The minimum Gasteiger partial charge on any atom is -0.480 e. The molecule has 0 aliphatic rings. The van der Waals surface area contributed by atoms with Crippen LogP contribution in [0.2, 0.25) is 5.02 Å². The molecule has 0 aliphatic heterocycles. The van der Waals surface area contributed by atoms with Crippen LogP contribution in [-0.2, 0) is 11.2 Å². The van der Waals surface area contributed by atoms with E-state index >= 15 is 0 Å². The van der Waals surface area contributed by atoms with Crippen LogP contribution in [0.1, 0.15) is 15.2 Å². The molecule has 26 heavy (non-hydrogen) atoms. The average Bonchev–Trinajstić information content (AvgIpc) is 2.92. The summed E-state index contributed by atoms with van der Waals surface area (Å²) in [4.78, 5) is 24.0. The number of rotatable bonds is 5. The van der Waals surface area contributed by atoms with Gasteiger partial charge in [0.25, 0.3) is 5.91 Å². The second-order valence-electron chi connectivity index (χ2n) is 5.56. The van der Waals surface area contributed by atoms with Crippen molar-refractivity contribution in [3.8, 4) is 0 Å². The lowest BCUT2D eigenvalue weighted by molar-refractivity contribution is -0.139. The predicted molar refractivity (Wildman–Crippen MR) is 95.8 cm³/mol. The number of amides is 1. The van der Waals surface area contributed by atoms with E-state index < -0.39 is 29.6 Å². The Bertz CT molecular complexity index is 991. The van der Waals surface area contributed by atoms with Crippen LogP contribution < -0.4 is 5.32 Å². The van der Waals surface area contributed by atoms with Crippen LogP contribution in [0.25, 0.3) is 10.1 Å². The van der Waals surface area contributed by atoms with Crippen molar-refractivity contribution in [1.82, 2.24) is 5.32 Å². The van der Waals surface area contributed by atoms with Crippen molar-refractivity contribution in [2.24, 2.45) is 0 Å². The van der Waals surface area contributed by atoms with Crippen LogP contribution in [0.5, 0.6) is 0 Å². The molecule has 8 heteroatoms. The molecule has 1 atom stereocenters. The average molecular weight is 396 g/mol. The number of nitrogens with one attached hydrogen (secondary N) is 1. The third kappa shape index (κ3) is 3.68. The van der Waals surface area contributed by atoms with Gasteiger partial charge in [0.2, 0.25) is 0 Å². The van der Waals surface area contributed by atoms with Crippen LogP contribution >= 0.6 is 22.9 Å². The normalized spacial score (nSPS) is 12.1. The molecule has 0 fully saturated rings. The summed E-state index contributed by atoms with van der Waals surface area (Å²) in [6.07, 6.45) is 0.0910. The van der Waals surface area contributed by atoms with Crippen LogP contribution in [0.3, 0.4) is 0 Å². The number of fused-ring (bicyclic) bond motifs is 1. The number of thiophene rings is 1. The van der Waals surface area contributed by atoms with Gasteiger partial charge in [0.05, 0.1) is 5.02 Å². The molecule has 0 saturated carbocycles. The number of carboxylic acid groups (broad SMARTS) is 1. The molecular formula is C18H12ClF2NO3S. The molecule has 3 rings (SSSR count). The molecule has 0 radical (unpaired) electrons. The molecule has 2 N–H and O–H groups in total. The SMILES string of the molecule is O=C(N[C@@H](Cc1ccccc1)C(=O)O)c1sc2cc(F)c(F)cc2c1Cl. The Hall–Kier alpha value is -2.51. The number of carbonyl (C=O) groups is 2. The summed E-state index contributed by atoms with van der Waals surface area (Å²) in [6, 6.07) is 9.53. The minimum atomic E-state index is -1.20. The number of hydrogen-bond acceptors (Lipinski definition) is 3. The molecular weight excluding hydrogens is 384 g/mol. The van der Waals surface area contributed by atoms with E-state index in [1.54, 1.807) is 30.3 Å². The maximum Gasteiger partial charge on any atom is 0.326 e. The van der Waals surface area contributed by atoms with E-state index in [1.807, 2.05) is 0 Å². The number of carbonyl (C=O) groups excluding carboxylic acids is 1. The highest BCUT2D eigenvalue weighted by Crippen LogP contribution is 2.36. The van der Waals surface area contributed by atoms with Gasteiger partial charge in [-0.05, 0) is 17.7 Å². The van der Waals surface area contributed by atoms with E-state index in [9.17, 15) is 23.5 Å². The maximum absolute atomic E-state index is 13.4. The standard InChI is InChI=1S/C18H12ClF2NO3S/c19-15-10-7-11(20)12(21)8-14(10)26-16(15)17(23)22-13(18(24)25)6-9-4-2-1-3-5-9/h1-5,7-8,13H,6H2,(H,22,23)(H,24,25)/t13-/m0/s1. The second-order valence-corrected chi connectivity index (χ2v) is 6.99. The van der Waals surface area contributed by atoms with Gasteiger partial charge in [-0.15, -0.1) is 11.3 Å². The van der Waals surface area contributed by atoms with Crippen LogP contribution in [0.4, 0.5) is 8.78 Å². The summed E-state index contributed by atoms with van der Waals surface area (Å²) in [5.41, 5.74) is 0.742. The maximum atomic E-state index is 13.4. The Labute approximate surface area is 156 Å². The Morgan fingerprint density at radius 1 is 1.15 bits per heavy atom. The van der Waals surface area contributed by atoms with E-state index in [4.69, 9.17) is 11.6 Å². The molecule has 0 spiro atoms. The fraction of sp³-hybridized carbons (Fsp3) is 0.111. The minimum absolute atomic E-state index is 0.00554. The fourth-order valence-electron chi connectivity index (χ4n) is 2.48. The fourth-order valence-corrected chi connectivity index (χ4v) is 3.90. The van der Waals surface area contributed by atoms with E-state index in [0.717, 1.165) is 29.0 Å². The lowest BCUT2D eigenvalue weighted by Crippen LogP contribution is -2.42. The summed E-state index contributed by atoms with van der Waals surface area (Å²) >= 11 is 6.98. The molecule has 3 aromatic rings. The molecule has 2 aromatic carbocycles. The molecule has 0 unspecified atom stereocenters. The Morgan fingerprint density at radius 3 is 2.46 bits per heavy atom. The lowest BCUT2D eigenvalue weighted by Gasteiger charge is -2.14. The third-order valence-electron chi connectivity index (χ3n) is 3.76. The Morgan fingerprint density at radius 2 is 1.81 bits per heavy atom. The zero-order chi connectivity index (χ0) is 18.8. The first kappa shape index (κ1) is 18.3. The van der Waals surface area contributed by atoms with Gasteiger partial charge < -0.3 is 10.4 Å². The summed E-state index contributed by atoms with van der Waals surface area (Å²) in [7, 11) is 0. The molecule has 1 heterocycles. The van der Waals surface area contributed by atoms with Crippen molar-refractivity contribution in [3.05, 3.63) is 69.6 Å². The van der Waals surface area contributed by atoms with Gasteiger partial charge in [-0.25, -0.2) is 13.6 Å². The van der Waals surface area contributed by atoms with Crippen LogP contribution in [-0.4, -0.2) is 23.0 Å². The van der Waals surface area contributed by atoms with Crippen molar-refractivity contribution in [2.75, 3.05) is 0 Å². The summed E-state index contributed by atoms with van der Waals surface area (Å²) in [5.74, 6) is -4.02. The van der Waals surface area contributed by atoms with Crippen molar-refractivity contribution in [3.63, 3.8) is 0 Å². The van der Waals surface area contributed by atoms with Crippen molar-refractivity contribution >= 4 is 44.9 Å². The predicted octanol–water partition coefficient (Wildman–Crippen LogP) is 4.26. The van der Waals surface area contributed by atoms with Crippen molar-refractivity contribution in [2.45, 2.75) is 12.5 Å². The molecule has 134 valence electrons. The summed E-state index contributed by atoms with van der Waals surface area (Å²) in [6.45, 7) is 0. The van der Waals surface area contributed by atoms with Gasteiger partial charge in [0, 0.05) is 16.5 Å². The zero-order valence-corrected chi connectivity index (χ0v) is 14.7. The zero-order valence-electron chi connectivity index (χ0n) is 13.1. The summed E-state index contributed by atoms with van der Waals surface area (Å²) in [5, 5.41) is 11.9. The lowest BCUT2D eigenvalue weighted by atomic mass is 10.1. The molecule has 0 saturated heterocycles. The highest BCUT2D eigenvalue weighted by molar-refractivity contribution is 7.21. The quantitative estimate of drug-likeness (QED) is 0.678. The monoisotopic (exact) mass is 395 g/mol. The molecule has 4 nitrogen and oxygen atoms in total. The Kier molecular flexibility index (Phi) is 5.20. The van der Waals surface area contributed by atoms with Crippen LogP contribution in [0.15, 0.2) is 42.5 Å². The van der Waals surface area contributed by atoms with Crippen LogP contribution in [0, 0.1) is 11.6 Å². The number of benzene rings is 2. The van der Waals surface area contributed by atoms with Gasteiger partial charge >= 0.3 is 5.97 Å². The second kappa shape index (κ2) is 7.39. The highest BCUT2D eigenvalue weighted by Gasteiger charge is 2.25. The number of hydrogen-bond donors (Lipinski definition) is 2. The topological polar surface area (TPSA) is 66.4 Å². The molecule has 0 aliphatic carbocycles. The first-order valence-electron chi connectivity index (χ1n) is 7.51. The molecule has 0 bridgehead atoms. The van der Waals surface area contributed by atoms with Gasteiger partial charge in [0.15, 0.2) is 11.6 Å². The van der Waals surface area contributed by atoms with E-state index in [-0.39, 0.29) is 21.7 Å². The Balaban J connectivity index is 1.87. The molecule has 1 amide bonds. The number of carboxylic acids is 1. The number of aliphatic carboxylic acids is 1. The van der Waals surface area contributed by atoms with Crippen molar-refractivity contribution < 1.29 is 23.5 Å². The number of halogens is 3. The molecule has 1 aromatic heterocycles. The smallest absolute Gasteiger partial charge is 0.326 e. The van der Waals surface area contributed by atoms with Gasteiger partial charge in [-0.2, -0.15) is 0 Å². The van der Waals surface area contributed by atoms with E-state index in [0.29, 0.717) is 4.70 Å². The van der Waals surface area contributed by atoms with E-state index in [1.165, 1.54) is 0 Å². The van der Waals surface area contributed by atoms with Crippen molar-refractivity contribution in [1.29, 1.82) is 0 Å². The largest absolute Gasteiger partial charge is 0.480 e. The van der Waals surface area contributed by atoms with E-state index in [2.05, 4.69) is 5.32 Å². The third-order valence-corrected chi connectivity index (χ3v) is 5.42. The first-order valence-corrected chi connectivity index (χ1v) is 8.71. The first-order chi connectivity index (χ1) is 12.4. The van der Waals surface area contributed by atoms with Gasteiger partial charge in [-0.1, -0.05) is 41.9 Å². The highest BCUT2D eigenvalue weighted by atomic mass is 35.5.